The van der Waals surface area contributed by atoms with Gasteiger partial charge in [0.1, 0.15) is 4.88 Å². The number of aryl methyl sites for hydroxylation is 1. The van der Waals surface area contributed by atoms with Crippen LogP contribution in [-0.4, -0.2) is 28.6 Å². The van der Waals surface area contributed by atoms with Crippen molar-refractivity contribution in [1.82, 2.24) is 10.3 Å². The van der Waals surface area contributed by atoms with Crippen molar-refractivity contribution in [3.05, 3.63) is 15.6 Å². The third-order valence-corrected chi connectivity index (χ3v) is 5.28. The first-order chi connectivity index (χ1) is 9.61. The number of aromatic nitrogens is 1. The van der Waals surface area contributed by atoms with Gasteiger partial charge in [-0.1, -0.05) is 19.8 Å². The summed E-state index contributed by atoms with van der Waals surface area (Å²) in [6.07, 6.45) is 5.97. The number of nitrogens with zero attached hydrogens (tertiary/aromatic N) is 1. The lowest BCUT2D eigenvalue weighted by Crippen LogP contribution is -2.26. The molecule has 1 aliphatic rings. The third kappa shape index (κ3) is 3.79. The number of rotatable bonds is 6. The quantitative estimate of drug-likeness (QED) is 0.848. The highest BCUT2D eigenvalue weighted by Gasteiger charge is 2.23. The normalized spacial score (nSPS) is 17.4. The van der Waals surface area contributed by atoms with Crippen LogP contribution in [0.15, 0.2) is 0 Å². The van der Waals surface area contributed by atoms with Gasteiger partial charge in [0, 0.05) is 12.5 Å². The molecule has 1 heterocycles. The molecule has 0 bridgehead atoms. The van der Waals surface area contributed by atoms with Gasteiger partial charge in [-0.05, 0) is 32.6 Å². The van der Waals surface area contributed by atoms with Crippen molar-refractivity contribution in [2.75, 3.05) is 6.54 Å². The lowest BCUT2D eigenvalue weighted by Gasteiger charge is -2.08. The summed E-state index contributed by atoms with van der Waals surface area (Å²) < 4.78 is 0. The largest absolute Gasteiger partial charge is 0.393 e. The molecular weight excluding hydrogens is 272 g/mol. The fourth-order valence-electron chi connectivity index (χ4n) is 2.61. The summed E-state index contributed by atoms with van der Waals surface area (Å²) in [6, 6.07) is 0. The maximum atomic E-state index is 12.1. The lowest BCUT2D eigenvalue weighted by molar-refractivity contribution is 0.0945. The minimum atomic E-state index is -0.327. The highest BCUT2D eigenvalue weighted by Crippen LogP contribution is 2.37. The minimum Gasteiger partial charge on any atom is -0.393 e. The van der Waals surface area contributed by atoms with Gasteiger partial charge in [0.2, 0.25) is 0 Å². The van der Waals surface area contributed by atoms with Crippen LogP contribution in [0.4, 0.5) is 0 Å². The monoisotopic (exact) mass is 296 g/mol. The van der Waals surface area contributed by atoms with Crippen LogP contribution in [0.2, 0.25) is 0 Å². The van der Waals surface area contributed by atoms with Gasteiger partial charge >= 0.3 is 0 Å². The van der Waals surface area contributed by atoms with Crippen LogP contribution in [-0.2, 0) is 0 Å². The van der Waals surface area contributed by atoms with Gasteiger partial charge < -0.3 is 10.4 Å². The second kappa shape index (κ2) is 7.18. The molecule has 1 aromatic rings. The summed E-state index contributed by atoms with van der Waals surface area (Å²) in [4.78, 5) is 17.5. The average Bonchev–Trinajstić information content (AvgIpc) is 3.07. The molecule has 1 fully saturated rings. The Kier molecular flexibility index (Phi) is 5.54. The Balaban J connectivity index is 1.92. The van der Waals surface area contributed by atoms with Gasteiger partial charge in [-0.3, -0.25) is 4.79 Å². The number of carbonyl (C=O) groups excluding carboxylic acids is 1. The second-order valence-electron chi connectivity index (χ2n) is 5.55. The molecule has 1 saturated carbocycles. The minimum absolute atomic E-state index is 0.0486. The van der Waals surface area contributed by atoms with E-state index in [0.717, 1.165) is 22.0 Å². The Labute approximate surface area is 124 Å². The summed E-state index contributed by atoms with van der Waals surface area (Å²) in [6.45, 7) is 4.36. The molecule has 2 N–H and O–H groups in total. The zero-order chi connectivity index (χ0) is 14.5. The molecule has 20 heavy (non-hydrogen) atoms. The molecule has 112 valence electrons. The zero-order valence-corrected chi connectivity index (χ0v) is 13.1. The molecule has 0 saturated heterocycles. The second-order valence-corrected chi connectivity index (χ2v) is 6.59. The first-order valence-electron chi connectivity index (χ1n) is 7.55. The number of aliphatic hydroxyl groups is 1. The number of aliphatic hydroxyl groups excluding tert-OH is 1. The van der Waals surface area contributed by atoms with Crippen LogP contribution >= 0.6 is 11.3 Å². The van der Waals surface area contributed by atoms with Crippen LogP contribution in [0, 0.1) is 6.92 Å². The van der Waals surface area contributed by atoms with Gasteiger partial charge in [0.15, 0.2) is 0 Å². The van der Waals surface area contributed by atoms with E-state index in [9.17, 15) is 9.90 Å². The van der Waals surface area contributed by atoms with Crippen molar-refractivity contribution in [2.45, 2.75) is 64.4 Å². The van der Waals surface area contributed by atoms with Gasteiger partial charge in [0.05, 0.1) is 16.8 Å². The maximum absolute atomic E-state index is 12.1. The lowest BCUT2D eigenvalue weighted by atomic mass is 10.1. The SMILES string of the molecule is CCC(O)CCNC(=O)c1sc(C2CCCC2)nc1C. The standard InChI is InChI=1S/C15H24N2O2S/c1-3-12(18)8-9-16-14(19)13-10(2)17-15(20-13)11-6-4-5-7-11/h11-12,18H,3-9H2,1-2H3,(H,16,19). The summed E-state index contributed by atoms with van der Waals surface area (Å²) in [5, 5.41) is 13.5. The summed E-state index contributed by atoms with van der Waals surface area (Å²) in [5.41, 5.74) is 0.838. The van der Waals surface area contributed by atoms with Gasteiger partial charge in [0.25, 0.3) is 5.91 Å². The molecule has 1 aromatic heterocycles. The van der Waals surface area contributed by atoms with Crippen LogP contribution in [0.25, 0.3) is 0 Å². The van der Waals surface area contributed by atoms with Crippen molar-refractivity contribution in [3.8, 4) is 0 Å². The van der Waals surface area contributed by atoms with Gasteiger partial charge in [-0.15, -0.1) is 11.3 Å². The molecule has 1 unspecified atom stereocenters. The van der Waals surface area contributed by atoms with Crippen molar-refractivity contribution >= 4 is 17.2 Å². The molecule has 1 atom stereocenters. The number of nitrogens with one attached hydrogen (secondary N) is 1. The first kappa shape index (κ1) is 15.4. The number of amides is 1. The molecule has 0 spiro atoms. The van der Waals surface area contributed by atoms with Crippen molar-refractivity contribution in [2.24, 2.45) is 0 Å². The van der Waals surface area contributed by atoms with Crippen LogP contribution < -0.4 is 5.32 Å². The average molecular weight is 296 g/mol. The van der Waals surface area contributed by atoms with E-state index >= 15 is 0 Å². The number of thiazole rings is 1. The Morgan fingerprint density at radius 1 is 1.50 bits per heavy atom. The highest BCUT2D eigenvalue weighted by atomic mass is 32.1. The number of hydrogen-bond donors (Lipinski definition) is 2. The molecule has 2 rings (SSSR count). The predicted molar refractivity (Wildman–Crippen MR) is 81.3 cm³/mol. The van der Waals surface area contributed by atoms with Gasteiger partial charge in [-0.25, -0.2) is 4.98 Å². The summed E-state index contributed by atoms with van der Waals surface area (Å²) in [5.74, 6) is 0.509. The van der Waals surface area contributed by atoms with E-state index in [1.54, 1.807) is 11.3 Å². The van der Waals surface area contributed by atoms with Crippen LogP contribution in [0.1, 0.15) is 71.7 Å². The Morgan fingerprint density at radius 3 is 2.85 bits per heavy atom. The van der Waals surface area contributed by atoms with E-state index in [4.69, 9.17) is 0 Å². The smallest absolute Gasteiger partial charge is 0.263 e. The molecule has 1 amide bonds. The number of carbonyl (C=O) groups is 1. The number of hydrogen-bond acceptors (Lipinski definition) is 4. The van der Waals surface area contributed by atoms with Crippen molar-refractivity contribution in [1.29, 1.82) is 0 Å². The van der Waals surface area contributed by atoms with E-state index in [1.165, 1.54) is 25.7 Å². The van der Waals surface area contributed by atoms with Crippen molar-refractivity contribution in [3.63, 3.8) is 0 Å². The molecule has 0 aromatic carbocycles. The highest BCUT2D eigenvalue weighted by molar-refractivity contribution is 7.13. The maximum Gasteiger partial charge on any atom is 0.263 e. The zero-order valence-electron chi connectivity index (χ0n) is 12.3. The Morgan fingerprint density at radius 2 is 2.20 bits per heavy atom. The molecule has 4 nitrogen and oxygen atoms in total. The van der Waals surface area contributed by atoms with Crippen LogP contribution in [0.3, 0.4) is 0 Å². The first-order valence-corrected chi connectivity index (χ1v) is 8.37. The molecule has 5 heteroatoms. The summed E-state index contributed by atoms with van der Waals surface area (Å²) in [7, 11) is 0. The topological polar surface area (TPSA) is 62.2 Å². The van der Waals surface area contributed by atoms with Crippen molar-refractivity contribution < 1.29 is 9.90 Å². The third-order valence-electron chi connectivity index (χ3n) is 3.96. The molecular formula is C15H24N2O2S. The fourth-order valence-corrected chi connectivity index (χ4v) is 3.76. The fraction of sp³-hybridized carbons (Fsp3) is 0.733. The Bertz CT molecular complexity index is 453. The van der Waals surface area contributed by atoms with E-state index in [-0.39, 0.29) is 12.0 Å². The van der Waals surface area contributed by atoms with Crippen LogP contribution in [0.5, 0.6) is 0 Å². The molecule has 1 aliphatic carbocycles. The van der Waals surface area contributed by atoms with Gasteiger partial charge in [-0.2, -0.15) is 0 Å². The van der Waals surface area contributed by atoms with E-state index < -0.39 is 0 Å². The summed E-state index contributed by atoms with van der Waals surface area (Å²) >= 11 is 1.54. The van der Waals surface area contributed by atoms with E-state index in [1.807, 2.05) is 13.8 Å². The Hall–Kier alpha value is -0.940. The molecule has 0 radical (unpaired) electrons. The van der Waals surface area contributed by atoms with E-state index in [2.05, 4.69) is 10.3 Å². The molecule has 0 aliphatic heterocycles. The predicted octanol–water partition coefficient (Wildman–Crippen LogP) is 3.00. The van der Waals surface area contributed by atoms with E-state index in [0.29, 0.717) is 18.9 Å².